The van der Waals surface area contributed by atoms with Gasteiger partial charge in [-0.25, -0.2) is 4.98 Å². The average molecular weight is 401 g/mol. The van der Waals surface area contributed by atoms with Gasteiger partial charge >= 0.3 is 0 Å². The third-order valence-electron chi connectivity index (χ3n) is 4.15. The molecule has 1 atom stereocenters. The van der Waals surface area contributed by atoms with Crippen molar-refractivity contribution >= 4 is 35.1 Å². The summed E-state index contributed by atoms with van der Waals surface area (Å²) in [6.45, 7) is 2.14. The SMILES string of the molecule is C[C@@H]1Cc2nc(SCc3cccc(Cl)c3)n(-c3ccccc3)c(=O)c2S1. The van der Waals surface area contributed by atoms with E-state index in [2.05, 4.69) is 6.92 Å². The summed E-state index contributed by atoms with van der Waals surface area (Å²) in [5, 5.41) is 1.84. The Morgan fingerprint density at radius 2 is 2.04 bits per heavy atom. The van der Waals surface area contributed by atoms with Crippen LogP contribution in [0.3, 0.4) is 0 Å². The number of para-hydroxylation sites is 1. The highest BCUT2D eigenvalue weighted by Crippen LogP contribution is 2.35. The number of thioether (sulfide) groups is 2. The Balaban J connectivity index is 1.76. The highest BCUT2D eigenvalue weighted by molar-refractivity contribution is 8.00. The van der Waals surface area contributed by atoms with Crippen molar-refractivity contribution in [1.29, 1.82) is 0 Å². The molecule has 0 amide bonds. The Bertz CT molecular complexity index is 1000. The maximum Gasteiger partial charge on any atom is 0.272 e. The van der Waals surface area contributed by atoms with Gasteiger partial charge in [-0.15, -0.1) is 11.8 Å². The van der Waals surface area contributed by atoms with E-state index in [1.54, 1.807) is 28.1 Å². The minimum atomic E-state index is 0.0316. The van der Waals surface area contributed by atoms with Crippen molar-refractivity contribution in [2.24, 2.45) is 0 Å². The van der Waals surface area contributed by atoms with Gasteiger partial charge in [0, 0.05) is 22.4 Å². The lowest BCUT2D eigenvalue weighted by Gasteiger charge is -2.13. The van der Waals surface area contributed by atoms with Crippen molar-refractivity contribution in [2.75, 3.05) is 0 Å². The van der Waals surface area contributed by atoms with Crippen molar-refractivity contribution < 1.29 is 0 Å². The molecule has 0 unspecified atom stereocenters. The fourth-order valence-electron chi connectivity index (χ4n) is 2.98. The second-order valence-corrected chi connectivity index (χ2v) is 9.03. The quantitative estimate of drug-likeness (QED) is 0.444. The number of aromatic nitrogens is 2. The van der Waals surface area contributed by atoms with Gasteiger partial charge in [0.15, 0.2) is 5.16 Å². The topological polar surface area (TPSA) is 34.9 Å². The number of fused-ring (bicyclic) bond motifs is 1. The van der Waals surface area contributed by atoms with Crippen LogP contribution in [-0.2, 0) is 12.2 Å². The van der Waals surface area contributed by atoms with Crippen LogP contribution < -0.4 is 5.56 Å². The fourth-order valence-corrected chi connectivity index (χ4v) is 5.26. The number of halogens is 1. The average Bonchev–Trinajstić information content (AvgIpc) is 3.01. The molecule has 1 aromatic heterocycles. The summed E-state index contributed by atoms with van der Waals surface area (Å²) in [7, 11) is 0. The molecule has 2 aromatic carbocycles. The number of benzene rings is 2. The van der Waals surface area contributed by atoms with Gasteiger partial charge in [0.25, 0.3) is 5.56 Å². The van der Waals surface area contributed by atoms with Crippen LogP contribution >= 0.6 is 35.1 Å². The first kappa shape index (κ1) is 17.7. The zero-order valence-electron chi connectivity index (χ0n) is 14.2. The second kappa shape index (κ2) is 7.51. The van der Waals surface area contributed by atoms with E-state index in [4.69, 9.17) is 16.6 Å². The third-order valence-corrected chi connectivity index (χ3v) is 6.61. The Hall–Kier alpha value is -1.69. The Morgan fingerprint density at radius 3 is 2.81 bits per heavy atom. The summed E-state index contributed by atoms with van der Waals surface area (Å²) in [5.41, 5.74) is 2.92. The molecule has 6 heteroatoms. The number of hydrogen-bond donors (Lipinski definition) is 0. The van der Waals surface area contributed by atoms with E-state index in [-0.39, 0.29) is 5.56 Å². The molecule has 26 heavy (non-hydrogen) atoms. The smallest absolute Gasteiger partial charge is 0.268 e. The Kier molecular flexibility index (Phi) is 5.11. The Morgan fingerprint density at radius 1 is 1.23 bits per heavy atom. The molecule has 0 radical (unpaired) electrons. The van der Waals surface area contributed by atoms with Crippen LogP contribution in [0.4, 0.5) is 0 Å². The van der Waals surface area contributed by atoms with Crippen molar-refractivity contribution in [2.45, 2.75) is 34.4 Å². The molecule has 1 aliphatic heterocycles. The van der Waals surface area contributed by atoms with E-state index in [9.17, 15) is 4.79 Å². The normalized spacial score (nSPS) is 15.8. The van der Waals surface area contributed by atoms with E-state index in [0.29, 0.717) is 11.0 Å². The summed E-state index contributed by atoms with van der Waals surface area (Å²) >= 11 is 9.29. The molecule has 0 fully saturated rings. The standard InChI is InChI=1S/C20H17ClN2OS2/c1-13-10-17-18(26-13)19(24)23(16-8-3-2-4-9-16)20(22-17)25-12-14-6-5-7-15(21)11-14/h2-9,11,13H,10,12H2,1H3/t13-/m1/s1. The van der Waals surface area contributed by atoms with Gasteiger partial charge in [-0.1, -0.05) is 60.6 Å². The molecule has 4 rings (SSSR count). The molecular formula is C20H17ClN2OS2. The maximum absolute atomic E-state index is 13.2. The molecule has 3 aromatic rings. The van der Waals surface area contributed by atoms with Crippen molar-refractivity contribution in [3.63, 3.8) is 0 Å². The molecule has 1 aliphatic rings. The molecule has 0 aliphatic carbocycles. The predicted octanol–water partition coefficient (Wildman–Crippen LogP) is 5.21. The molecule has 0 bridgehead atoms. The van der Waals surface area contributed by atoms with Crippen LogP contribution in [0.1, 0.15) is 18.2 Å². The second-order valence-electron chi connectivity index (χ2n) is 6.20. The summed E-state index contributed by atoms with van der Waals surface area (Å²) < 4.78 is 1.74. The molecule has 0 saturated carbocycles. The molecule has 132 valence electrons. The van der Waals surface area contributed by atoms with E-state index in [0.717, 1.165) is 38.4 Å². The number of nitrogens with zero attached hydrogens (tertiary/aromatic N) is 2. The lowest BCUT2D eigenvalue weighted by atomic mass is 10.2. The minimum absolute atomic E-state index is 0.0316. The van der Waals surface area contributed by atoms with Crippen LogP contribution in [0.5, 0.6) is 0 Å². The summed E-state index contributed by atoms with van der Waals surface area (Å²) in [6, 6.07) is 17.5. The molecular weight excluding hydrogens is 384 g/mol. The van der Waals surface area contributed by atoms with Gasteiger partial charge in [0.2, 0.25) is 0 Å². The highest BCUT2D eigenvalue weighted by Gasteiger charge is 2.26. The summed E-state index contributed by atoms with van der Waals surface area (Å²) in [4.78, 5) is 18.8. The third kappa shape index (κ3) is 3.56. The van der Waals surface area contributed by atoms with Gasteiger partial charge in [-0.3, -0.25) is 9.36 Å². The zero-order chi connectivity index (χ0) is 18.1. The monoisotopic (exact) mass is 400 g/mol. The van der Waals surface area contributed by atoms with Crippen LogP contribution in [0.15, 0.2) is 69.4 Å². The van der Waals surface area contributed by atoms with Crippen molar-refractivity contribution in [1.82, 2.24) is 9.55 Å². The first-order chi connectivity index (χ1) is 12.6. The van der Waals surface area contributed by atoms with E-state index >= 15 is 0 Å². The highest BCUT2D eigenvalue weighted by atomic mass is 35.5. The van der Waals surface area contributed by atoms with Crippen LogP contribution in [0, 0.1) is 0 Å². The lowest BCUT2D eigenvalue weighted by molar-refractivity contribution is 0.731. The molecule has 3 nitrogen and oxygen atoms in total. The lowest BCUT2D eigenvalue weighted by Crippen LogP contribution is -2.23. The largest absolute Gasteiger partial charge is 0.272 e. The first-order valence-corrected chi connectivity index (χ1v) is 10.6. The van der Waals surface area contributed by atoms with Crippen molar-refractivity contribution in [3.05, 3.63) is 81.2 Å². The molecule has 2 heterocycles. The zero-order valence-corrected chi connectivity index (χ0v) is 16.6. The van der Waals surface area contributed by atoms with Gasteiger partial charge in [-0.05, 0) is 29.8 Å². The van der Waals surface area contributed by atoms with E-state index in [1.165, 1.54) is 0 Å². The Labute approximate surface area is 165 Å². The van der Waals surface area contributed by atoms with Gasteiger partial charge in [0.05, 0.1) is 16.3 Å². The molecule has 0 N–H and O–H groups in total. The minimum Gasteiger partial charge on any atom is -0.268 e. The van der Waals surface area contributed by atoms with E-state index < -0.39 is 0 Å². The molecule has 0 saturated heterocycles. The van der Waals surface area contributed by atoms with Gasteiger partial charge < -0.3 is 0 Å². The van der Waals surface area contributed by atoms with Gasteiger partial charge in [-0.2, -0.15) is 0 Å². The van der Waals surface area contributed by atoms with Crippen LogP contribution in [0.2, 0.25) is 5.02 Å². The number of rotatable bonds is 4. The summed E-state index contributed by atoms with van der Waals surface area (Å²) in [6.07, 6.45) is 0.843. The van der Waals surface area contributed by atoms with Gasteiger partial charge in [0.1, 0.15) is 0 Å². The summed E-state index contributed by atoms with van der Waals surface area (Å²) in [5.74, 6) is 0.710. The van der Waals surface area contributed by atoms with E-state index in [1.807, 2.05) is 54.6 Å². The fraction of sp³-hybridized carbons (Fsp3) is 0.200. The predicted molar refractivity (Wildman–Crippen MR) is 110 cm³/mol. The molecule has 0 spiro atoms. The van der Waals surface area contributed by atoms with Crippen LogP contribution in [-0.4, -0.2) is 14.8 Å². The van der Waals surface area contributed by atoms with Crippen LogP contribution in [0.25, 0.3) is 5.69 Å². The maximum atomic E-state index is 13.2. The first-order valence-electron chi connectivity index (χ1n) is 8.37. The number of hydrogen-bond acceptors (Lipinski definition) is 4. The van der Waals surface area contributed by atoms with Crippen molar-refractivity contribution in [3.8, 4) is 5.69 Å².